The fourth-order valence-corrected chi connectivity index (χ4v) is 6.29. The van der Waals surface area contributed by atoms with Crippen molar-refractivity contribution in [3.63, 3.8) is 0 Å². The summed E-state index contributed by atoms with van der Waals surface area (Å²) < 4.78 is 6.61. The molecule has 0 saturated heterocycles. The molecule has 0 radical (unpaired) electrons. The first kappa shape index (κ1) is 27.0. The van der Waals surface area contributed by atoms with Gasteiger partial charge in [-0.3, -0.25) is 0 Å². The molecular weight excluding hydrogens is 392 g/mol. The maximum atomic E-state index is 10.8. The van der Waals surface area contributed by atoms with Gasteiger partial charge in [-0.1, -0.05) is 41.5 Å². The van der Waals surface area contributed by atoms with Gasteiger partial charge in [0.2, 0.25) is 0 Å². The number of hydrogen-bond donors (Lipinski definition) is 4. The lowest BCUT2D eigenvalue weighted by Gasteiger charge is -2.50. The molecule has 5 heteroatoms. The molecule has 5 nitrogen and oxygen atoms in total. The van der Waals surface area contributed by atoms with Crippen LogP contribution in [0, 0.1) is 34.5 Å². The van der Waals surface area contributed by atoms with Crippen molar-refractivity contribution in [2.24, 2.45) is 34.5 Å². The molecular formula is C26H50O5. The quantitative estimate of drug-likeness (QED) is 0.408. The van der Waals surface area contributed by atoms with Crippen LogP contribution < -0.4 is 0 Å². The second-order valence-corrected chi connectivity index (χ2v) is 11.9. The minimum absolute atomic E-state index is 0.257. The topological polar surface area (TPSA) is 90.2 Å². The molecule has 31 heavy (non-hydrogen) atoms. The molecule has 2 saturated carbocycles. The Balaban J connectivity index is 2.23. The Kier molecular flexibility index (Phi) is 9.85. The molecule has 2 fully saturated rings. The van der Waals surface area contributed by atoms with Crippen LogP contribution in [0.5, 0.6) is 0 Å². The van der Waals surface area contributed by atoms with Gasteiger partial charge in [0.1, 0.15) is 12.2 Å². The first-order valence-corrected chi connectivity index (χ1v) is 12.7. The summed E-state index contributed by atoms with van der Waals surface area (Å²) in [5, 5.41) is 41.2. The monoisotopic (exact) mass is 442 g/mol. The van der Waals surface area contributed by atoms with Crippen molar-refractivity contribution in [3.05, 3.63) is 0 Å². The first-order valence-electron chi connectivity index (χ1n) is 12.7. The Bertz CT molecular complexity index is 472. The predicted octanol–water partition coefficient (Wildman–Crippen LogP) is 4.15. The van der Waals surface area contributed by atoms with Crippen molar-refractivity contribution in [2.45, 2.75) is 117 Å². The van der Waals surface area contributed by atoms with E-state index in [0.717, 1.165) is 51.4 Å². The third-order valence-corrected chi connectivity index (χ3v) is 8.97. The highest BCUT2D eigenvalue weighted by Crippen LogP contribution is 2.49. The summed E-state index contributed by atoms with van der Waals surface area (Å²) in [4.78, 5) is 0. The molecule has 0 aliphatic heterocycles. The summed E-state index contributed by atoms with van der Waals surface area (Å²) in [7, 11) is 0. The van der Waals surface area contributed by atoms with Crippen LogP contribution in [0.25, 0.3) is 0 Å². The fraction of sp³-hybridized carbons (Fsp3) is 1.00. The van der Waals surface area contributed by atoms with Crippen LogP contribution in [0.15, 0.2) is 0 Å². The lowest BCUT2D eigenvalue weighted by Crippen LogP contribution is -2.55. The molecule has 184 valence electrons. The Labute approximate surface area is 190 Å². The molecule has 4 atom stereocenters. The van der Waals surface area contributed by atoms with Crippen LogP contribution in [0.3, 0.4) is 0 Å². The van der Waals surface area contributed by atoms with E-state index in [1.165, 1.54) is 0 Å². The minimum atomic E-state index is -0.996. The SMILES string of the molecule is CC(C)C1CCC(C)(C(OC(C(O)CO)C2(C)CCC(C(C)C)CC2)C(O)CO)CC1. The van der Waals surface area contributed by atoms with Crippen LogP contribution in [-0.4, -0.2) is 58.1 Å². The zero-order valence-electron chi connectivity index (χ0n) is 20.9. The molecule has 2 rings (SSSR count). The summed E-state index contributed by atoms with van der Waals surface area (Å²) in [5.41, 5.74) is -0.515. The molecule has 0 amide bonds. The normalized spacial score (nSPS) is 36.4. The van der Waals surface area contributed by atoms with E-state index in [-0.39, 0.29) is 24.0 Å². The van der Waals surface area contributed by atoms with E-state index in [4.69, 9.17) is 4.74 Å². The van der Waals surface area contributed by atoms with Crippen molar-refractivity contribution in [1.82, 2.24) is 0 Å². The van der Waals surface area contributed by atoms with E-state index in [9.17, 15) is 20.4 Å². The zero-order chi connectivity index (χ0) is 23.4. The van der Waals surface area contributed by atoms with Gasteiger partial charge in [0.05, 0.1) is 25.4 Å². The van der Waals surface area contributed by atoms with Crippen molar-refractivity contribution in [3.8, 4) is 0 Å². The standard InChI is InChI=1S/C26H50O5/c1-17(2)19-7-11-25(5,12-8-19)23(21(29)15-27)31-24(22(30)16-28)26(6)13-9-20(10-14-26)18(3)4/h17-24,27-30H,7-16H2,1-6H3. The van der Waals surface area contributed by atoms with Crippen LogP contribution in [0.2, 0.25) is 0 Å². The summed E-state index contributed by atoms with van der Waals surface area (Å²) in [6, 6.07) is 0. The molecule has 4 unspecified atom stereocenters. The third kappa shape index (κ3) is 6.44. The van der Waals surface area contributed by atoms with Gasteiger partial charge in [-0.05, 0) is 85.9 Å². The Morgan fingerprint density at radius 2 is 0.968 bits per heavy atom. The summed E-state index contributed by atoms with van der Waals surface area (Å²) >= 11 is 0. The summed E-state index contributed by atoms with van der Waals surface area (Å²) in [6.45, 7) is 12.7. The smallest absolute Gasteiger partial charge is 0.104 e. The Morgan fingerprint density at radius 3 is 1.19 bits per heavy atom. The van der Waals surface area contributed by atoms with Crippen molar-refractivity contribution in [1.29, 1.82) is 0 Å². The van der Waals surface area contributed by atoms with E-state index in [1.807, 2.05) is 0 Å². The average molecular weight is 443 g/mol. The van der Waals surface area contributed by atoms with Gasteiger partial charge in [0.15, 0.2) is 0 Å². The molecule has 0 aromatic heterocycles. The number of aliphatic hydroxyl groups is 4. The van der Waals surface area contributed by atoms with Gasteiger partial charge in [-0.25, -0.2) is 0 Å². The molecule has 0 heterocycles. The predicted molar refractivity (Wildman–Crippen MR) is 125 cm³/mol. The number of ether oxygens (including phenoxy) is 1. The van der Waals surface area contributed by atoms with E-state index in [1.54, 1.807) is 0 Å². The third-order valence-electron chi connectivity index (χ3n) is 8.97. The molecule has 0 bridgehead atoms. The molecule has 0 aromatic rings. The first-order chi connectivity index (χ1) is 14.5. The van der Waals surface area contributed by atoms with E-state index < -0.39 is 24.4 Å². The second kappa shape index (κ2) is 11.3. The van der Waals surface area contributed by atoms with Gasteiger partial charge in [-0.15, -0.1) is 0 Å². The van der Waals surface area contributed by atoms with Crippen LogP contribution in [-0.2, 0) is 4.74 Å². The second-order valence-electron chi connectivity index (χ2n) is 11.9. The highest BCUT2D eigenvalue weighted by Gasteiger charge is 2.49. The Morgan fingerprint density at radius 1 is 0.677 bits per heavy atom. The van der Waals surface area contributed by atoms with Crippen LogP contribution in [0.4, 0.5) is 0 Å². The Hall–Kier alpha value is -0.200. The summed E-state index contributed by atoms with van der Waals surface area (Å²) in [5.74, 6) is 2.65. The van der Waals surface area contributed by atoms with Crippen molar-refractivity contribution in [2.75, 3.05) is 13.2 Å². The summed E-state index contributed by atoms with van der Waals surface area (Å²) in [6.07, 6.45) is 5.00. The average Bonchev–Trinajstić information content (AvgIpc) is 2.73. The minimum Gasteiger partial charge on any atom is -0.394 e. The van der Waals surface area contributed by atoms with Crippen LogP contribution >= 0.6 is 0 Å². The van der Waals surface area contributed by atoms with Crippen LogP contribution in [0.1, 0.15) is 92.9 Å². The van der Waals surface area contributed by atoms with Gasteiger partial charge in [0.25, 0.3) is 0 Å². The maximum absolute atomic E-state index is 10.8. The number of hydrogen-bond acceptors (Lipinski definition) is 5. The number of aliphatic hydroxyl groups excluding tert-OH is 4. The van der Waals surface area contributed by atoms with E-state index >= 15 is 0 Å². The van der Waals surface area contributed by atoms with Crippen molar-refractivity contribution < 1.29 is 25.2 Å². The lowest BCUT2D eigenvalue weighted by molar-refractivity contribution is -0.215. The fourth-order valence-electron chi connectivity index (χ4n) is 6.29. The van der Waals surface area contributed by atoms with Gasteiger partial charge < -0.3 is 25.2 Å². The largest absolute Gasteiger partial charge is 0.394 e. The van der Waals surface area contributed by atoms with Gasteiger partial charge in [-0.2, -0.15) is 0 Å². The zero-order valence-corrected chi connectivity index (χ0v) is 20.9. The molecule has 2 aliphatic carbocycles. The van der Waals surface area contributed by atoms with Crippen molar-refractivity contribution >= 4 is 0 Å². The highest BCUT2D eigenvalue weighted by molar-refractivity contribution is 4.97. The lowest BCUT2D eigenvalue weighted by atomic mass is 9.64. The molecule has 0 spiro atoms. The van der Waals surface area contributed by atoms with E-state index in [0.29, 0.717) is 23.7 Å². The highest BCUT2D eigenvalue weighted by atomic mass is 16.5. The van der Waals surface area contributed by atoms with E-state index in [2.05, 4.69) is 41.5 Å². The van der Waals surface area contributed by atoms with Gasteiger partial charge in [0, 0.05) is 0 Å². The molecule has 0 aromatic carbocycles. The molecule has 4 N–H and O–H groups in total. The van der Waals surface area contributed by atoms with Gasteiger partial charge >= 0.3 is 0 Å². The number of rotatable bonds is 10. The maximum Gasteiger partial charge on any atom is 0.104 e. The molecule has 2 aliphatic rings.